The van der Waals surface area contributed by atoms with Crippen LogP contribution in [0.2, 0.25) is 0 Å². The van der Waals surface area contributed by atoms with E-state index in [-0.39, 0.29) is 6.17 Å². The quantitative estimate of drug-likeness (QED) is 0.278. The van der Waals surface area contributed by atoms with Gasteiger partial charge < -0.3 is 11.1 Å². The molecular formula is C18H31N3. The van der Waals surface area contributed by atoms with Crippen LogP contribution in [-0.2, 0) is 0 Å². The molecule has 0 aromatic heterocycles. The lowest BCUT2D eigenvalue weighted by Gasteiger charge is -2.20. The van der Waals surface area contributed by atoms with Crippen LogP contribution in [-0.4, -0.2) is 19.0 Å². The van der Waals surface area contributed by atoms with Gasteiger partial charge in [0.1, 0.15) is 0 Å². The average molecular weight is 289 g/mol. The molecule has 1 aliphatic rings. The van der Waals surface area contributed by atoms with E-state index in [1.807, 2.05) is 6.08 Å². The molecule has 0 bridgehead atoms. The number of nitrogens with one attached hydrogen (secondary N) is 1. The van der Waals surface area contributed by atoms with Crippen molar-refractivity contribution >= 4 is 6.34 Å². The maximum absolute atomic E-state index is 6.11. The summed E-state index contributed by atoms with van der Waals surface area (Å²) < 4.78 is 0. The third-order valence-corrected chi connectivity index (χ3v) is 4.06. The first-order valence-corrected chi connectivity index (χ1v) is 8.21. The van der Waals surface area contributed by atoms with Crippen molar-refractivity contribution in [2.45, 2.75) is 52.1 Å². The number of allylic oxidation sites excluding steroid dienone is 3. The van der Waals surface area contributed by atoms with Crippen molar-refractivity contribution in [3.05, 3.63) is 36.5 Å². The first-order valence-electron chi connectivity index (χ1n) is 8.21. The van der Waals surface area contributed by atoms with Gasteiger partial charge in [0, 0.05) is 18.4 Å². The normalized spacial score (nSPS) is 19.1. The fraction of sp³-hybridized carbons (Fsp3) is 0.611. The molecule has 1 aliphatic carbocycles. The second kappa shape index (κ2) is 10.4. The Morgan fingerprint density at radius 2 is 2.24 bits per heavy atom. The third kappa shape index (κ3) is 6.30. The van der Waals surface area contributed by atoms with Crippen LogP contribution in [0.5, 0.6) is 0 Å². The predicted octanol–water partition coefficient (Wildman–Crippen LogP) is 3.79. The van der Waals surface area contributed by atoms with Gasteiger partial charge in [0.05, 0.1) is 12.5 Å². The molecule has 1 rings (SSSR count). The van der Waals surface area contributed by atoms with Crippen LogP contribution in [0.3, 0.4) is 0 Å². The minimum absolute atomic E-state index is 0.0972. The number of hydrogen-bond donors (Lipinski definition) is 2. The molecule has 3 heteroatoms. The Morgan fingerprint density at radius 3 is 2.81 bits per heavy atom. The van der Waals surface area contributed by atoms with E-state index in [1.54, 1.807) is 6.34 Å². The van der Waals surface area contributed by atoms with Crippen molar-refractivity contribution in [2.75, 3.05) is 6.54 Å². The molecule has 3 nitrogen and oxygen atoms in total. The number of aliphatic imine (C=N–C) groups is 1. The molecule has 118 valence electrons. The monoisotopic (exact) mass is 289 g/mol. The molecule has 0 spiro atoms. The fourth-order valence-electron chi connectivity index (χ4n) is 2.63. The van der Waals surface area contributed by atoms with Crippen molar-refractivity contribution in [1.82, 2.24) is 5.32 Å². The SMILES string of the molecule is C=CC(CCC)C(N)N/C=N\CC(CC)C1=CCCC=C1. The summed E-state index contributed by atoms with van der Waals surface area (Å²) in [6, 6.07) is 0. The maximum Gasteiger partial charge on any atom is 0.0836 e. The molecule has 3 atom stereocenters. The van der Waals surface area contributed by atoms with Crippen molar-refractivity contribution in [3.63, 3.8) is 0 Å². The zero-order valence-corrected chi connectivity index (χ0v) is 13.6. The van der Waals surface area contributed by atoms with Crippen LogP contribution in [0.4, 0.5) is 0 Å². The number of rotatable bonds is 10. The molecule has 0 aliphatic heterocycles. The molecule has 0 amide bonds. The van der Waals surface area contributed by atoms with E-state index >= 15 is 0 Å². The first-order chi connectivity index (χ1) is 10.2. The Kier molecular flexibility index (Phi) is 8.76. The highest BCUT2D eigenvalue weighted by atomic mass is 15.1. The summed E-state index contributed by atoms with van der Waals surface area (Å²) in [6.07, 6.45) is 16.1. The van der Waals surface area contributed by atoms with Crippen LogP contribution in [0.1, 0.15) is 46.0 Å². The van der Waals surface area contributed by atoms with Crippen molar-refractivity contribution < 1.29 is 0 Å². The van der Waals surface area contributed by atoms with E-state index in [9.17, 15) is 0 Å². The minimum Gasteiger partial charge on any atom is -0.361 e. The zero-order chi connectivity index (χ0) is 15.5. The van der Waals surface area contributed by atoms with Crippen LogP contribution >= 0.6 is 0 Å². The molecule has 0 radical (unpaired) electrons. The van der Waals surface area contributed by atoms with Gasteiger partial charge in [0.2, 0.25) is 0 Å². The number of hydrogen-bond acceptors (Lipinski definition) is 2. The standard InChI is InChI=1S/C18H31N3/c1-4-10-15(5-2)18(19)21-14-20-13-16(6-3)17-11-8-7-9-12-17/h5,8,11-12,14-16,18H,2,4,6-7,9-10,13,19H2,1,3H3,(H,20,21). The van der Waals surface area contributed by atoms with Crippen LogP contribution in [0.25, 0.3) is 0 Å². The van der Waals surface area contributed by atoms with Crippen molar-refractivity contribution in [1.29, 1.82) is 0 Å². The van der Waals surface area contributed by atoms with Gasteiger partial charge in [-0.1, -0.05) is 44.6 Å². The Labute approximate surface area is 130 Å². The smallest absolute Gasteiger partial charge is 0.0836 e. The van der Waals surface area contributed by atoms with E-state index in [0.29, 0.717) is 11.8 Å². The lowest BCUT2D eigenvalue weighted by atomic mass is 9.92. The Balaban J connectivity index is 2.40. The molecule has 21 heavy (non-hydrogen) atoms. The van der Waals surface area contributed by atoms with Gasteiger partial charge in [-0.3, -0.25) is 4.99 Å². The highest BCUT2D eigenvalue weighted by Crippen LogP contribution is 2.21. The van der Waals surface area contributed by atoms with Crippen LogP contribution < -0.4 is 11.1 Å². The van der Waals surface area contributed by atoms with Gasteiger partial charge in [-0.05, 0) is 31.3 Å². The molecule has 0 fully saturated rings. The summed E-state index contributed by atoms with van der Waals surface area (Å²) in [5, 5.41) is 3.18. The second-order valence-corrected chi connectivity index (χ2v) is 5.66. The van der Waals surface area contributed by atoms with Gasteiger partial charge in [-0.25, -0.2) is 0 Å². The van der Waals surface area contributed by atoms with E-state index < -0.39 is 0 Å². The highest BCUT2D eigenvalue weighted by Gasteiger charge is 2.12. The Bertz CT molecular complexity index is 382. The van der Waals surface area contributed by atoms with E-state index in [4.69, 9.17) is 5.73 Å². The summed E-state index contributed by atoms with van der Waals surface area (Å²) in [5.74, 6) is 0.814. The van der Waals surface area contributed by atoms with Gasteiger partial charge in [-0.2, -0.15) is 0 Å². The van der Waals surface area contributed by atoms with Gasteiger partial charge in [0.15, 0.2) is 0 Å². The molecule has 0 saturated heterocycles. The zero-order valence-electron chi connectivity index (χ0n) is 13.6. The molecule has 0 aromatic rings. The van der Waals surface area contributed by atoms with E-state index in [0.717, 1.165) is 32.2 Å². The van der Waals surface area contributed by atoms with Gasteiger partial charge in [0.25, 0.3) is 0 Å². The summed E-state index contributed by atoms with van der Waals surface area (Å²) >= 11 is 0. The first kappa shape index (κ1) is 17.7. The Hall–Kier alpha value is -1.35. The van der Waals surface area contributed by atoms with Crippen molar-refractivity contribution in [2.24, 2.45) is 22.6 Å². The number of nitrogens with two attached hydrogens (primary N) is 1. The van der Waals surface area contributed by atoms with Crippen molar-refractivity contribution in [3.8, 4) is 0 Å². The average Bonchev–Trinajstić information content (AvgIpc) is 2.53. The lowest BCUT2D eigenvalue weighted by Crippen LogP contribution is -2.42. The van der Waals surface area contributed by atoms with Crippen LogP contribution in [0.15, 0.2) is 41.4 Å². The molecule has 0 aromatic carbocycles. The topological polar surface area (TPSA) is 50.4 Å². The Morgan fingerprint density at radius 1 is 1.43 bits per heavy atom. The summed E-state index contributed by atoms with van der Waals surface area (Å²) in [4.78, 5) is 4.51. The molecule has 3 unspecified atom stereocenters. The summed E-state index contributed by atoms with van der Waals surface area (Å²) in [6.45, 7) is 9.05. The minimum atomic E-state index is -0.0972. The summed E-state index contributed by atoms with van der Waals surface area (Å²) in [7, 11) is 0. The largest absolute Gasteiger partial charge is 0.361 e. The third-order valence-electron chi connectivity index (χ3n) is 4.06. The lowest BCUT2D eigenvalue weighted by molar-refractivity contribution is 0.446. The second-order valence-electron chi connectivity index (χ2n) is 5.66. The predicted molar refractivity (Wildman–Crippen MR) is 93.3 cm³/mol. The molecule has 0 saturated carbocycles. The fourth-order valence-corrected chi connectivity index (χ4v) is 2.63. The van der Waals surface area contributed by atoms with Gasteiger partial charge >= 0.3 is 0 Å². The maximum atomic E-state index is 6.11. The molecule has 0 heterocycles. The molecular weight excluding hydrogens is 258 g/mol. The van der Waals surface area contributed by atoms with Crippen LogP contribution in [0, 0.1) is 11.8 Å². The summed E-state index contributed by atoms with van der Waals surface area (Å²) in [5.41, 5.74) is 7.54. The van der Waals surface area contributed by atoms with Gasteiger partial charge in [-0.15, -0.1) is 6.58 Å². The number of nitrogens with zero attached hydrogens (tertiary/aromatic N) is 1. The highest BCUT2D eigenvalue weighted by molar-refractivity contribution is 5.54. The molecule has 3 N–H and O–H groups in total. The van der Waals surface area contributed by atoms with E-state index in [1.165, 1.54) is 12.0 Å². The van der Waals surface area contributed by atoms with E-state index in [2.05, 4.69) is 49.0 Å².